The van der Waals surface area contributed by atoms with Gasteiger partial charge in [-0.2, -0.15) is 0 Å². The summed E-state index contributed by atoms with van der Waals surface area (Å²) in [6.45, 7) is 3.85. The van der Waals surface area contributed by atoms with E-state index in [1.54, 1.807) is 19.2 Å². The summed E-state index contributed by atoms with van der Waals surface area (Å²) in [5.74, 6) is -0.131. The topological polar surface area (TPSA) is 67.4 Å². The van der Waals surface area contributed by atoms with Gasteiger partial charge >= 0.3 is 0 Å². The molecule has 2 rings (SSSR count). The molecule has 144 valence electrons. The van der Waals surface area contributed by atoms with Crippen molar-refractivity contribution in [2.24, 2.45) is 0 Å². The van der Waals surface area contributed by atoms with Gasteiger partial charge < -0.3 is 15.4 Å². The number of benzene rings is 2. The zero-order valence-corrected chi connectivity index (χ0v) is 16.4. The van der Waals surface area contributed by atoms with Crippen LogP contribution < -0.4 is 15.4 Å². The number of rotatable bonds is 8. The van der Waals surface area contributed by atoms with Crippen molar-refractivity contribution in [2.75, 3.05) is 23.9 Å². The molecule has 7 heteroatoms. The van der Waals surface area contributed by atoms with Crippen molar-refractivity contribution in [3.05, 3.63) is 59.4 Å². The lowest BCUT2D eigenvalue weighted by molar-refractivity contribution is -0.119. The molecular weight excluding hydrogens is 367 g/mol. The van der Waals surface area contributed by atoms with E-state index in [4.69, 9.17) is 4.74 Å². The number of para-hydroxylation sites is 1. The molecule has 0 fully saturated rings. The molecule has 0 aromatic heterocycles. The molecule has 1 unspecified atom stereocenters. The number of ether oxygens (including phenoxy) is 1. The fourth-order valence-electron chi connectivity index (χ4n) is 2.54. The van der Waals surface area contributed by atoms with Crippen molar-refractivity contribution < 1.29 is 18.7 Å². The van der Waals surface area contributed by atoms with Crippen LogP contribution in [0.5, 0.6) is 5.75 Å². The zero-order chi connectivity index (χ0) is 19.8. The quantitative estimate of drug-likeness (QED) is 0.721. The number of hydrogen-bond donors (Lipinski definition) is 2. The number of thioether (sulfide) groups is 1. The van der Waals surface area contributed by atoms with E-state index in [1.165, 1.54) is 23.9 Å². The third-order valence-corrected chi connectivity index (χ3v) is 4.78. The van der Waals surface area contributed by atoms with Gasteiger partial charge in [-0.25, -0.2) is 4.39 Å². The van der Waals surface area contributed by atoms with Gasteiger partial charge in [-0.05, 0) is 32.0 Å². The van der Waals surface area contributed by atoms with Gasteiger partial charge in [0.25, 0.3) is 0 Å². The molecule has 27 heavy (non-hydrogen) atoms. The molecule has 0 aliphatic heterocycles. The van der Waals surface area contributed by atoms with Crippen LogP contribution >= 0.6 is 11.8 Å². The van der Waals surface area contributed by atoms with E-state index in [-0.39, 0.29) is 35.0 Å². The Bertz CT molecular complexity index is 814. The minimum atomic E-state index is -0.491. The van der Waals surface area contributed by atoms with Crippen LogP contribution in [0.1, 0.15) is 24.1 Å². The monoisotopic (exact) mass is 390 g/mol. The standard InChI is InChI=1S/C20H23FN2O3S/c1-13-8-9-18(26-3)15(10-13)14(2)22-19(24)11-27-12-20(25)23-17-7-5-4-6-16(17)21/h4-10,14H,11-12H2,1-3H3,(H,22,24)(H,23,25). The Morgan fingerprint density at radius 1 is 1.15 bits per heavy atom. The van der Waals surface area contributed by atoms with Crippen LogP contribution in [-0.2, 0) is 9.59 Å². The molecule has 0 radical (unpaired) electrons. The summed E-state index contributed by atoms with van der Waals surface area (Å²) in [6, 6.07) is 11.5. The summed E-state index contributed by atoms with van der Waals surface area (Å²) < 4.78 is 18.8. The lowest BCUT2D eigenvalue weighted by Gasteiger charge is -2.18. The molecule has 0 aliphatic rings. The highest BCUT2D eigenvalue weighted by Gasteiger charge is 2.15. The van der Waals surface area contributed by atoms with E-state index in [1.807, 2.05) is 32.0 Å². The number of amides is 2. The van der Waals surface area contributed by atoms with Crippen LogP contribution in [0.25, 0.3) is 0 Å². The van der Waals surface area contributed by atoms with Gasteiger partial charge in [0.1, 0.15) is 11.6 Å². The summed E-state index contributed by atoms with van der Waals surface area (Å²) >= 11 is 1.17. The Labute approximate surface area is 162 Å². The third kappa shape index (κ3) is 6.29. The van der Waals surface area contributed by atoms with E-state index in [2.05, 4.69) is 10.6 Å². The number of carbonyl (C=O) groups excluding carboxylic acids is 2. The van der Waals surface area contributed by atoms with Crippen molar-refractivity contribution in [1.82, 2.24) is 5.32 Å². The number of nitrogens with one attached hydrogen (secondary N) is 2. The molecule has 2 aromatic carbocycles. The second kappa shape index (κ2) is 9.97. The summed E-state index contributed by atoms with van der Waals surface area (Å²) in [7, 11) is 1.59. The van der Waals surface area contributed by atoms with E-state index >= 15 is 0 Å². The maximum atomic E-state index is 13.5. The molecule has 1 atom stereocenters. The molecular formula is C20H23FN2O3S. The number of halogens is 1. The van der Waals surface area contributed by atoms with Crippen LogP contribution in [0.3, 0.4) is 0 Å². The predicted octanol–water partition coefficient (Wildman–Crippen LogP) is 3.69. The SMILES string of the molecule is COc1ccc(C)cc1C(C)NC(=O)CSCC(=O)Nc1ccccc1F. The largest absolute Gasteiger partial charge is 0.496 e. The van der Waals surface area contributed by atoms with Crippen LogP contribution in [0, 0.1) is 12.7 Å². The summed E-state index contributed by atoms with van der Waals surface area (Å²) in [5, 5.41) is 5.39. The Morgan fingerprint density at radius 3 is 2.56 bits per heavy atom. The average molecular weight is 390 g/mol. The average Bonchev–Trinajstić information content (AvgIpc) is 2.63. The van der Waals surface area contributed by atoms with Gasteiger partial charge in [0.05, 0.1) is 30.3 Å². The Balaban J connectivity index is 1.80. The molecule has 0 saturated carbocycles. The van der Waals surface area contributed by atoms with Gasteiger partial charge in [0, 0.05) is 5.56 Å². The number of hydrogen-bond acceptors (Lipinski definition) is 4. The summed E-state index contributed by atoms with van der Waals surface area (Å²) in [6.07, 6.45) is 0. The number of carbonyl (C=O) groups is 2. The number of anilines is 1. The minimum absolute atomic E-state index is 0.0594. The molecule has 0 bridgehead atoms. The fraction of sp³-hybridized carbons (Fsp3) is 0.300. The van der Waals surface area contributed by atoms with Crippen molar-refractivity contribution in [1.29, 1.82) is 0 Å². The number of aryl methyl sites for hydroxylation is 1. The van der Waals surface area contributed by atoms with Crippen molar-refractivity contribution in [2.45, 2.75) is 19.9 Å². The Hall–Kier alpha value is -2.54. The molecule has 0 spiro atoms. The Kier molecular flexibility index (Phi) is 7.67. The van der Waals surface area contributed by atoms with Crippen molar-refractivity contribution >= 4 is 29.3 Å². The highest BCUT2D eigenvalue weighted by atomic mass is 32.2. The Morgan fingerprint density at radius 2 is 1.85 bits per heavy atom. The van der Waals surface area contributed by atoms with E-state index in [0.29, 0.717) is 5.75 Å². The van der Waals surface area contributed by atoms with Gasteiger partial charge in [-0.3, -0.25) is 9.59 Å². The first-order chi connectivity index (χ1) is 12.9. The molecule has 2 amide bonds. The normalized spacial score (nSPS) is 11.6. The maximum absolute atomic E-state index is 13.5. The van der Waals surface area contributed by atoms with Crippen molar-refractivity contribution in [3.8, 4) is 5.75 Å². The van der Waals surface area contributed by atoms with Gasteiger partial charge in [0.15, 0.2) is 0 Å². The van der Waals surface area contributed by atoms with Crippen LogP contribution in [0.4, 0.5) is 10.1 Å². The van der Waals surface area contributed by atoms with Crippen LogP contribution in [0.15, 0.2) is 42.5 Å². The van der Waals surface area contributed by atoms with Gasteiger partial charge in [0.2, 0.25) is 11.8 Å². The fourth-order valence-corrected chi connectivity index (χ4v) is 3.17. The van der Waals surface area contributed by atoms with E-state index in [0.717, 1.165) is 11.1 Å². The summed E-state index contributed by atoms with van der Waals surface area (Å²) in [4.78, 5) is 24.0. The zero-order valence-electron chi connectivity index (χ0n) is 15.5. The molecule has 0 saturated heterocycles. The lowest BCUT2D eigenvalue weighted by atomic mass is 10.0. The van der Waals surface area contributed by atoms with E-state index < -0.39 is 5.82 Å². The molecule has 2 aromatic rings. The molecule has 2 N–H and O–H groups in total. The highest BCUT2D eigenvalue weighted by Crippen LogP contribution is 2.26. The van der Waals surface area contributed by atoms with E-state index in [9.17, 15) is 14.0 Å². The molecule has 0 heterocycles. The third-order valence-electron chi connectivity index (χ3n) is 3.84. The smallest absolute Gasteiger partial charge is 0.234 e. The minimum Gasteiger partial charge on any atom is -0.496 e. The maximum Gasteiger partial charge on any atom is 0.234 e. The van der Waals surface area contributed by atoms with Crippen LogP contribution in [0.2, 0.25) is 0 Å². The first-order valence-corrected chi connectivity index (χ1v) is 9.62. The van der Waals surface area contributed by atoms with Crippen LogP contribution in [-0.4, -0.2) is 30.4 Å². The van der Waals surface area contributed by atoms with Gasteiger partial charge in [-0.1, -0.05) is 29.8 Å². The second-order valence-electron chi connectivity index (χ2n) is 6.06. The lowest BCUT2D eigenvalue weighted by Crippen LogP contribution is -2.29. The first kappa shape index (κ1) is 20.8. The molecule has 0 aliphatic carbocycles. The second-order valence-corrected chi connectivity index (χ2v) is 7.04. The predicted molar refractivity (Wildman–Crippen MR) is 107 cm³/mol. The number of methoxy groups -OCH3 is 1. The molecule has 5 nitrogen and oxygen atoms in total. The summed E-state index contributed by atoms with van der Waals surface area (Å²) in [5.41, 5.74) is 2.10. The van der Waals surface area contributed by atoms with Gasteiger partial charge in [-0.15, -0.1) is 11.8 Å². The highest BCUT2D eigenvalue weighted by molar-refractivity contribution is 8.00. The van der Waals surface area contributed by atoms with Crippen molar-refractivity contribution in [3.63, 3.8) is 0 Å². The first-order valence-electron chi connectivity index (χ1n) is 8.46.